The maximum atomic E-state index is 11.0. The van der Waals surface area contributed by atoms with Crippen molar-refractivity contribution in [2.45, 2.75) is 45.8 Å². The minimum Gasteiger partial charge on any atom is -0.459 e. The van der Waals surface area contributed by atoms with Crippen LogP contribution in [0.1, 0.15) is 39.7 Å². The minimum absolute atomic E-state index is 0.218. The van der Waals surface area contributed by atoms with Gasteiger partial charge in [0.2, 0.25) is 0 Å². The Balaban J connectivity index is 0.000000457. The molecule has 0 radical (unpaired) electrons. The first-order valence-corrected chi connectivity index (χ1v) is 6.00. The predicted molar refractivity (Wildman–Crippen MR) is 61.7 cm³/mol. The Morgan fingerprint density at radius 2 is 2.19 bits per heavy atom. The van der Waals surface area contributed by atoms with Gasteiger partial charge in [0.15, 0.2) is 0 Å². The molecule has 0 N–H and O–H groups in total. The van der Waals surface area contributed by atoms with Crippen LogP contribution in [0.15, 0.2) is 17.1 Å². The molecule has 0 bridgehead atoms. The average molecular weight is 222 g/mol. The summed E-state index contributed by atoms with van der Waals surface area (Å²) < 4.78 is 7.63. The van der Waals surface area contributed by atoms with Gasteiger partial charge in [-0.05, 0) is 18.8 Å². The van der Waals surface area contributed by atoms with E-state index in [1.807, 2.05) is 18.4 Å². The van der Waals surface area contributed by atoms with Crippen LogP contribution in [0.3, 0.4) is 0 Å². The smallest absolute Gasteiger partial charge is 0.300 e. The van der Waals surface area contributed by atoms with Gasteiger partial charge in [-0.15, -0.1) is 0 Å². The summed E-state index contributed by atoms with van der Waals surface area (Å²) in [5, 5.41) is 0. The molecule has 88 valence electrons. The second-order valence-electron chi connectivity index (χ2n) is 4.26. The molecule has 3 unspecified atom stereocenters. The summed E-state index contributed by atoms with van der Waals surface area (Å²) in [5.41, 5.74) is -0.218. The van der Waals surface area contributed by atoms with Gasteiger partial charge in [-0.1, -0.05) is 20.8 Å². The zero-order valence-electron chi connectivity index (χ0n) is 10.0. The van der Waals surface area contributed by atoms with Gasteiger partial charge in [0, 0.05) is 12.3 Å². The van der Waals surface area contributed by atoms with E-state index < -0.39 is 0 Å². The maximum Gasteiger partial charge on any atom is 0.300 e. The third-order valence-electron chi connectivity index (χ3n) is 3.13. The molecule has 1 aliphatic heterocycles. The fourth-order valence-electron chi connectivity index (χ4n) is 2.51. The first-order chi connectivity index (χ1) is 7.74. The second-order valence-corrected chi connectivity index (χ2v) is 4.26. The lowest BCUT2D eigenvalue weighted by atomic mass is 10.1. The monoisotopic (exact) mass is 222 g/mol. The molecule has 4 heteroatoms. The average Bonchev–Trinajstić information content (AvgIpc) is 2.76. The van der Waals surface area contributed by atoms with Crippen LogP contribution < -0.4 is 10.3 Å². The molecule has 1 aromatic rings. The molecule has 1 aliphatic carbocycles. The molecular formula is C12H18N2O2. The summed E-state index contributed by atoms with van der Waals surface area (Å²) in [4.78, 5) is 14.9. The number of nitrogens with zero attached hydrogens (tertiary/aromatic N) is 2. The highest BCUT2D eigenvalue weighted by Gasteiger charge is 2.41. The van der Waals surface area contributed by atoms with Crippen LogP contribution in [0, 0.1) is 5.92 Å². The number of aromatic nitrogens is 2. The largest absolute Gasteiger partial charge is 0.459 e. The van der Waals surface area contributed by atoms with E-state index in [4.69, 9.17) is 4.74 Å². The summed E-state index contributed by atoms with van der Waals surface area (Å²) in [5.74, 6) is 0.706. The van der Waals surface area contributed by atoms with Crippen LogP contribution in [0.5, 0.6) is 6.01 Å². The molecule has 0 amide bonds. The topological polar surface area (TPSA) is 44.1 Å². The van der Waals surface area contributed by atoms with Gasteiger partial charge in [-0.2, -0.15) is 4.98 Å². The van der Waals surface area contributed by atoms with Gasteiger partial charge in [-0.3, -0.25) is 9.36 Å². The van der Waals surface area contributed by atoms with Crippen LogP contribution in [0.4, 0.5) is 0 Å². The van der Waals surface area contributed by atoms with Crippen molar-refractivity contribution in [1.82, 2.24) is 9.55 Å². The Bertz CT molecular complexity index is 427. The van der Waals surface area contributed by atoms with Gasteiger partial charge in [0.1, 0.15) is 6.10 Å². The minimum atomic E-state index is -0.218. The van der Waals surface area contributed by atoms with E-state index in [1.54, 1.807) is 6.20 Å². The molecule has 0 saturated heterocycles. The highest BCUT2D eigenvalue weighted by Crippen LogP contribution is 2.42. The standard InChI is InChI=1S/C10H12N2O2.C2H6/c1-6-4-7-8(5-6)14-10-11-9(13)2-3-12(7)10;1-2/h2-3,6-8H,4-5H2,1H3;1-2H3. The van der Waals surface area contributed by atoms with E-state index in [0.717, 1.165) is 12.8 Å². The molecule has 1 fully saturated rings. The van der Waals surface area contributed by atoms with Crippen molar-refractivity contribution in [2.75, 3.05) is 0 Å². The van der Waals surface area contributed by atoms with E-state index in [9.17, 15) is 4.79 Å². The zero-order valence-corrected chi connectivity index (χ0v) is 10.0. The van der Waals surface area contributed by atoms with Gasteiger partial charge in [0.25, 0.3) is 11.6 Å². The summed E-state index contributed by atoms with van der Waals surface area (Å²) >= 11 is 0. The molecule has 0 spiro atoms. The molecule has 16 heavy (non-hydrogen) atoms. The Hall–Kier alpha value is -1.32. The van der Waals surface area contributed by atoms with Crippen molar-refractivity contribution in [3.63, 3.8) is 0 Å². The fourth-order valence-corrected chi connectivity index (χ4v) is 2.51. The van der Waals surface area contributed by atoms with E-state index in [2.05, 4.69) is 11.9 Å². The van der Waals surface area contributed by atoms with Crippen LogP contribution in [-0.4, -0.2) is 15.7 Å². The van der Waals surface area contributed by atoms with Crippen molar-refractivity contribution < 1.29 is 4.74 Å². The molecule has 3 rings (SSSR count). The van der Waals surface area contributed by atoms with E-state index >= 15 is 0 Å². The number of fused-ring (bicyclic) bond motifs is 3. The molecule has 3 atom stereocenters. The Morgan fingerprint density at radius 3 is 2.94 bits per heavy atom. The number of hydrogen-bond donors (Lipinski definition) is 0. The third-order valence-corrected chi connectivity index (χ3v) is 3.13. The van der Waals surface area contributed by atoms with Crippen LogP contribution in [0.2, 0.25) is 0 Å². The van der Waals surface area contributed by atoms with Gasteiger partial charge in [0.05, 0.1) is 6.04 Å². The van der Waals surface area contributed by atoms with Crippen LogP contribution in [-0.2, 0) is 0 Å². The highest BCUT2D eigenvalue weighted by molar-refractivity contribution is 5.10. The Kier molecular flexibility index (Phi) is 2.99. The summed E-state index contributed by atoms with van der Waals surface area (Å²) in [7, 11) is 0. The van der Waals surface area contributed by atoms with Crippen molar-refractivity contribution >= 4 is 0 Å². The first kappa shape index (κ1) is 11.2. The van der Waals surface area contributed by atoms with Gasteiger partial charge < -0.3 is 4.74 Å². The zero-order chi connectivity index (χ0) is 11.7. The van der Waals surface area contributed by atoms with E-state index in [-0.39, 0.29) is 11.7 Å². The lowest BCUT2D eigenvalue weighted by Gasteiger charge is -2.08. The normalized spacial score (nSPS) is 29.8. The molecular weight excluding hydrogens is 204 g/mol. The molecule has 4 nitrogen and oxygen atoms in total. The summed E-state index contributed by atoms with van der Waals surface area (Å²) in [6.45, 7) is 6.23. The Morgan fingerprint density at radius 1 is 1.44 bits per heavy atom. The van der Waals surface area contributed by atoms with Crippen molar-refractivity contribution in [3.8, 4) is 6.01 Å². The molecule has 0 aromatic carbocycles. The van der Waals surface area contributed by atoms with Gasteiger partial charge in [-0.25, -0.2) is 0 Å². The maximum absolute atomic E-state index is 11.0. The lowest BCUT2D eigenvalue weighted by Crippen LogP contribution is -2.13. The molecule has 1 saturated carbocycles. The first-order valence-electron chi connectivity index (χ1n) is 6.00. The van der Waals surface area contributed by atoms with Crippen molar-refractivity contribution in [2.24, 2.45) is 5.92 Å². The summed E-state index contributed by atoms with van der Waals surface area (Å²) in [6.07, 6.45) is 4.23. The number of ether oxygens (including phenoxy) is 1. The SMILES string of the molecule is CC.CC1CC2Oc3nc(=O)ccn3C2C1. The summed E-state index contributed by atoms with van der Waals surface area (Å²) in [6, 6.07) is 2.39. The van der Waals surface area contributed by atoms with Crippen LogP contribution in [0.25, 0.3) is 0 Å². The highest BCUT2D eigenvalue weighted by atomic mass is 16.5. The third kappa shape index (κ3) is 1.72. The molecule has 1 aromatic heterocycles. The van der Waals surface area contributed by atoms with Crippen molar-refractivity contribution in [1.29, 1.82) is 0 Å². The number of rotatable bonds is 0. The number of hydrogen-bond acceptors (Lipinski definition) is 3. The van der Waals surface area contributed by atoms with Crippen LogP contribution >= 0.6 is 0 Å². The predicted octanol–water partition coefficient (Wildman–Crippen LogP) is 2.00. The molecule has 2 aliphatic rings. The van der Waals surface area contributed by atoms with Gasteiger partial charge >= 0.3 is 0 Å². The second kappa shape index (κ2) is 4.28. The lowest BCUT2D eigenvalue weighted by molar-refractivity contribution is 0.212. The van der Waals surface area contributed by atoms with Crippen molar-refractivity contribution in [3.05, 3.63) is 22.6 Å². The fraction of sp³-hybridized carbons (Fsp3) is 0.667. The quantitative estimate of drug-likeness (QED) is 0.674. The van der Waals surface area contributed by atoms with E-state index in [1.165, 1.54) is 6.07 Å². The Labute approximate surface area is 95.3 Å². The van der Waals surface area contributed by atoms with E-state index in [0.29, 0.717) is 18.0 Å². The molecule has 2 heterocycles.